The first-order valence-electron chi connectivity index (χ1n) is 3.65. The second kappa shape index (κ2) is 3.18. The summed E-state index contributed by atoms with van der Waals surface area (Å²) < 4.78 is 26.7. The van der Waals surface area contributed by atoms with Crippen molar-refractivity contribution in [2.24, 2.45) is 5.73 Å². The summed E-state index contributed by atoms with van der Waals surface area (Å²) in [5.41, 5.74) is 5.16. The van der Waals surface area contributed by atoms with Gasteiger partial charge in [0.1, 0.15) is 0 Å². The van der Waals surface area contributed by atoms with Crippen LogP contribution in [0.1, 0.15) is 12.5 Å². The fourth-order valence-electron chi connectivity index (χ4n) is 0.845. The molecule has 2 N–H and O–H groups in total. The van der Waals surface area contributed by atoms with E-state index in [1.807, 2.05) is 0 Å². The van der Waals surface area contributed by atoms with Gasteiger partial charge in [0, 0.05) is 19.7 Å². The van der Waals surface area contributed by atoms with E-state index >= 15 is 0 Å². The van der Waals surface area contributed by atoms with Gasteiger partial charge in [0.05, 0.1) is 18.3 Å². The van der Waals surface area contributed by atoms with E-state index in [1.54, 1.807) is 0 Å². The molecule has 0 spiro atoms. The van der Waals surface area contributed by atoms with Crippen LogP contribution in [0.3, 0.4) is 0 Å². The Morgan fingerprint density at radius 2 is 2.33 bits per heavy atom. The van der Waals surface area contributed by atoms with E-state index in [9.17, 15) is 8.78 Å². The summed E-state index contributed by atoms with van der Waals surface area (Å²) in [6.07, 6.45) is 2.47. The molecule has 0 unspecified atom stereocenters. The van der Waals surface area contributed by atoms with E-state index in [-0.39, 0.29) is 5.56 Å². The van der Waals surface area contributed by atoms with Crippen molar-refractivity contribution in [3.63, 3.8) is 0 Å². The predicted octanol–water partition coefficient (Wildman–Crippen LogP) is 0.953. The molecule has 12 heavy (non-hydrogen) atoms. The normalized spacial score (nSPS) is 12.0. The molecule has 0 fully saturated rings. The van der Waals surface area contributed by atoms with Crippen LogP contribution in [0.4, 0.5) is 8.78 Å². The molecule has 0 bridgehead atoms. The number of halogens is 2. The van der Waals surface area contributed by atoms with Gasteiger partial charge in [-0.25, -0.2) is 8.78 Å². The predicted molar refractivity (Wildman–Crippen MR) is 40.8 cm³/mol. The molecule has 0 aromatic carbocycles. The Hall–Kier alpha value is -0.970. The van der Waals surface area contributed by atoms with Crippen molar-refractivity contribution < 1.29 is 8.78 Å². The lowest BCUT2D eigenvalue weighted by Gasteiger charge is -2.05. The van der Waals surface area contributed by atoms with Crippen LogP contribution in [-0.4, -0.2) is 16.3 Å². The van der Waals surface area contributed by atoms with Crippen LogP contribution in [0.2, 0.25) is 0 Å². The highest BCUT2D eigenvalue weighted by molar-refractivity contribution is 5.10. The monoisotopic (exact) mass is 175 g/mol. The molecule has 0 saturated heterocycles. The van der Waals surface area contributed by atoms with Crippen LogP contribution in [0, 0.1) is 0 Å². The maximum absolute atomic E-state index is 12.6. The van der Waals surface area contributed by atoms with E-state index in [1.165, 1.54) is 10.9 Å². The van der Waals surface area contributed by atoms with Crippen molar-refractivity contribution in [3.05, 3.63) is 18.0 Å². The Morgan fingerprint density at radius 3 is 2.75 bits per heavy atom. The first kappa shape index (κ1) is 9.12. The van der Waals surface area contributed by atoms with Crippen molar-refractivity contribution in [2.45, 2.75) is 19.4 Å². The number of alkyl halides is 2. The van der Waals surface area contributed by atoms with Gasteiger partial charge in [-0.1, -0.05) is 0 Å². The van der Waals surface area contributed by atoms with Crippen LogP contribution in [0.5, 0.6) is 0 Å². The van der Waals surface area contributed by atoms with E-state index in [0.29, 0.717) is 13.1 Å². The lowest BCUT2D eigenvalue weighted by molar-refractivity contribution is 0.0174. The number of nitrogens with zero attached hydrogens (tertiary/aromatic N) is 2. The maximum atomic E-state index is 12.6. The molecule has 0 saturated carbocycles. The highest BCUT2D eigenvalue weighted by Crippen LogP contribution is 2.25. The lowest BCUT2D eigenvalue weighted by atomic mass is 10.2. The third kappa shape index (κ3) is 2.01. The minimum atomic E-state index is -2.81. The largest absolute Gasteiger partial charge is 0.329 e. The van der Waals surface area contributed by atoms with Crippen molar-refractivity contribution in [2.75, 3.05) is 6.54 Å². The summed E-state index contributed by atoms with van der Waals surface area (Å²) in [4.78, 5) is 0. The first-order valence-corrected chi connectivity index (χ1v) is 3.65. The van der Waals surface area contributed by atoms with E-state index < -0.39 is 5.92 Å². The summed E-state index contributed by atoms with van der Waals surface area (Å²) in [5.74, 6) is -2.81. The zero-order valence-electron chi connectivity index (χ0n) is 6.80. The zero-order valence-corrected chi connectivity index (χ0v) is 6.80. The average Bonchev–Trinajstić information content (AvgIpc) is 2.35. The Bertz CT molecular complexity index is 251. The number of hydrogen-bond acceptors (Lipinski definition) is 2. The average molecular weight is 175 g/mol. The third-order valence-electron chi connectivity index (χ3n) is 1.50. The maximum Gasteiger partial charge on any atom is 0.273 e. The second-order valence-corrected chi connectivity index (χ2v) is 2.67. The van der Waals surface area contributed by atoms with E-state index in [2.05, 4.69) is 5.10 Å². The number of aromatic nitrogens is 2. The lowest BCUT2D eigenvalue weighted by Crippen LogP contribution is -2.10. The molecule has 1 aromatic rings. The summed E-state index contributed by atoms with van der Waals surface area (Å²) >= 11 is 0. The van der Waals surface area contributed by atoms with Crippen LogP contribution < -0.4 is 5.73 Å². The molecule has 0 aliphatic rings. The molecule has 0 radical (unpaired) electrons. The van der Waals surface area contributed by atoms with Crippen molar-refractivity contribution in [1.82, 2.24) is 9.78 Å². The molecule has 1 rings (SSSR count). The molecular weight excluding hydrogens is 164 g/mol. The van der Waals surface area contributed by atoms with Crippen LogP contribution in [0.25, 0.3) is 0 Å². The van der Waals surface area contributed by atoms with Gasteiger partial charge in [0.2, 0.25) is 0 Å². The third-order valence-corrected chi connectivity index (χ3v) is 1.50. The Morgan fingerprint density at radius 1 is 1.67 bits per heavy atom. The minimum absolute atomic E-state index is 0.0732. The van der Waals surface area contributed by atoms with Gasteiger partial charge in [-0.15, -0.1) is 0 Å². The summed E-state index contributed by atoms with van der Waals surface area (Å²) in [7, 11) is 0. The summed E-state index contributed by atoms with van der Waals surface area (Å²) in [5, 5.41) is 3.73. The van der Waals surface area contributed by atoms with Crippen LogP contribution >= 0.6 is 0 Å². The van der Waals surface area contributed by atoms with Gasteiger partial charge in [0.25, 0.3) is 5.92 Å². The SMILES string of the molecule is CC(F)(F)c1cnn(CCN)c1. The number of rotatable bonds is 3. The number of hydrogen-bond donors (Lipinski definition) is 1. The molecule has 68 valence electrons. The van der Waals surface area contributed by atoms with Gasteiger partial charge in [0.15, 0.2) is 0 Å². The molecule has 5 heteroatoms. The van der Waals surface area contributed by atoms with Gasteiger partial charge in [-0.2, -0.15) is 5.10 Å². The summed E-state index contributed by atoms with van der Waals surface area (Å²) in [6, 6.07) is 0. The molecule has 0 aliphatic heterocycles. The van der Waals surface area contributed by atoms with Crippen molar-refractivity contribution in [3.8, 4) is 0 Å². The van der Waals surface area contributed by atoms with Gasteiger partial charge >= 0.3 is 0 Å². The highest BCUT2D eigenvalue weighted by atomic mass is 19.3. The van der Waals surface area contributed by atoms with Crippen molar-refractivity contribution >= 4 is 0 Å². The quantitative estimate of drug-likeness (QED) is 0.743. The molecular formula is C7H11F2N3. The molecule has 0 aliphatic carbocycles. The highest BCUT2D eigenvalue weighted by Gasteiger charge is 2.25. The smallest absolute Gasteiger partial charge is 0.273 e. The van der Waals surface area contributed by atoms with Crippen molar-refractivity contribution in [1.29, 1.82) is 0 Å². The van der Waals surface area contributed by atoms with Crippen LogP contribution in [0.15, 0.2) is 12.4 Å². The van der Waals surface area contributed by atoms with Gasteiger partial charge < -0.3 is 5.73 Å². The van der Waals surface area contributed by atoms with Gasteiger partial charge in [-0.3, -0.25) is 4.68 Å². The molecule has 1 aromatic heterocycles. The molecule has 0 amide bonds. The minimum Gasteiger partial charge on any atom is -0.329 e. The van der Waals surface area contributed by atoms with E-state index in [0.717, 1.165) is 13.1 Å². The zero-order chi connectivity index (χ0) is 9.19. The first-order chi connectivity index (χ1) is 5.54. The Labute approximate surface area is 69.2 Å². The fraction of sp³-hybridized carbons (Fsp3) is 0.571. The molecule has 3 nitrogen and oxygen atoms in total. The standard InChI is InChI=1S/C7H11F2N3/c1-7(8,9)6-4-11-12(5-6)3-2-10/h4-5H,2-3,10H2,1H3. The van der Waals surface area contributed by atoms with E-state index in [4.69, 9.17) is 5.73 Å². The fourth-order valence-corrected chi connectivity index (χ4v) is 0.845. The Kier molecular flexibility index (Phi) is 2.42. The molecule has 1 heterocycles. The second-order valence-electron chi connectivity index (χ2n) is 2.67. The summed E-state index contributed by atoms with van der Waals surface area (Å²) in [6.45, 7) is 1.71. The molecule has 0 atom stereocenters. The Balaban J connectivity index is 2.77. The topological polar surface area (TPSA) is 43.8 Å². The van der Waals surface area contributed by atoms with Gasteiger partial charge in [-0.05, 0) is 0 Å². The van der Waals surface area contributed by atoms with Crippen LogP contribution in [-0.2, 0) is 12.5 Å². The number of nitrogens with two attached hydrogens (primary N) is 1.